The normalized spacial score (nSPS) is 25.5. The Morgan fingerprint density at radius 3 is 1.72 bits per heavy atom. The van der Waals surface area contributed by atoms with Crippen LogP contribution in [0.15, 0.2) is 36.4 Å². The summed E-state index contributed by atoms with van der Waals surface area (Å²) < 4.78 is 144. The van der Waals surface area contributed by atoms with Crippen LogP contribution in [0.25, 0.3) is 0 Å². The molecule has 2 aliphatic heterocycles. The number of aryl methyl sites for hydroxylation is 1. The maximum atomic E-state index is 16.0. The number of alkyl halides is 8. The van der Waals surface area contributed by atoms with E-state index in [-0.39, 0.29) is 37.2 Å². The lowest BCUT2D eigenvalue weighted by atomic mass is 9.74. The zero-order valence-corrected chi connectivity index (χ0v) is 58.5. The van der Waals surface area contributed by atoms with Gasteiger partial charge in [-0.05, 0) is 111 Å². The molecule has 4 aliphatic rings. The van der Waals surface area contributed by atoms with Gasteiger partial charge in [0, 0.05) is 74.6 Å². The van der Waals surface area contributed by atoms with E-state index < -0.39 is 223 Å². The Hall–Kier alpha value is -8.09. The molecule has 2 saturated heterocycles. The van der Waals surface area contributed by atoms with Gasteiger partial charge in [-0.2, -0.15) is 26.3 Å². The number of halogens is 10. The van der Waals surface area contributed by atoms with E-state index >= 15 is 27.2 Å². The largest absolute Gasteiger partial charge is 0.422 e. The van der Waals surface area contributed by atoms with Crippen molar-refractivity contribution in [1.82, 2.24) is 55.1 Å². The van der Waals surface area contributed by atoms with Crippen molar-refractivity contribution in [3.05, 3.63) is 70.3 Å². The first-order valence-electron chi connectivity index (χ1n) is 33.5. The molecular weight excluding hydrogens is 1340 g/mol. The van der Waals surface area contributed by atoms with Crippen LogP contribution in [0.3, 0.4) is 0 Å². The minimum atomic E-state index is -5.50. The highest BCUT2D eigenvalue weighted by Crippen LogP contribution is 2.40. The lowest BCUT2D eigenvalue weighted by Crippen LogP contribution is -2.68. The number of nitrogens with zero attached hydrogens (tertiary/aromatic N) is 8. The van der Waals surface area contributed by atoms with E-state index in [1.54, 1.807) is 20.8 Å². The molecule has 6 rings (SSSR count). The summed E-state index contributed by atoms with van der Waals surface area (Å²) in [5.41, 5.74) is -5.65. The highest BCUT2D eigenvalue weighted by Gasteiger charge is 2.56. The number of rotatable bonds is 10. The average molecular weight is 1430 g/mol. The Balaban J connectivity index is 1.43. The quantitative estimate of drug-likeness (QED) is 0.226. The summed E-state index contributed by atoms with van der Waals surface area (Å²) in [5.74, 6) is -19.4. The summed E-state index contributed by atoms with van der Waals surface area (Å²) in [6.07, 6.45) is -10.3. The van der Waals surface area contributed by atoms with E-state index in [4.69, 9.17) is 0 Å². The second kappa shape index (κ2) is 33.1. The lowest BCUT2D eigenvalue weighted by Gasteiger charge is -2.47. The minimum absolute atomic E-state index is 0.0444. The van der Waals surface area contributed by atoms with Crippen molar-refractivity contribution in [3.63, 3.8) is 0 Å². The number of fused-ring (bicyclic) bond motifs is 1. The number of benzene rings is 2. The van der Waals surface area contributed by atoms with Gasteiger partial charge in [-0.3, -0.25) is 52.7 Å². The minimum Gasteiger partial charge on any atom is -0.343 e. The standard InChI is InChI=1S/C68H93F10N11O11/c1-13-39(4)56-62(98)84(8)35-53(92)82(6)36-54(93)87(11)49(32-41-20-23-44(24-21-41)67(73,74)75)61(97)83(7)34-51(90)79-47(25-22-42-30-45(69)55(46(70)31-42)68(76,77)78)60(96)89-37-66(71,72)33-50(89)59(95)81-65(26-17-27-65)64(100)88(12)57(43-18-15-14-16-19-43)63(99)85(9)40(5)29-52(91)86(10)48(28-38(2)3)58(94)80-56/h20-21,23-24,30-31,38-40,43,47-50,56-57H,13-19,22,25-29,32-37H2,1-12H3,(H,79,90)(H,80,94)(H,81,95)/t39-,40+,47-,48-,49-,50-,56-,57-/m0/s1. The van der Waals surface area contributed by atoms with E-state index in [1.807, 2.05) is 13.8 Å². The maximum absolute atomic E-state index is 16.0. The van der Waals surface area contributed by atoms with Crippen LogP contribution < -0.4 is 16.0 Å². The molecule has 0 radical (unpaired) electrons. The second-order valence-electron chi connectivity index (χ2n) is 27.9. The molecule has 2 aliphatic carbocycles. The fraction of sp³-hybridized carbons (Fsp3) is 0.662. The number of hydrogen-bond donors (Lipinski definition) is 3. The molecule has 556 valence electrons. The van der Waals surface area contributed by atoms with Gasteiger partial charge in [-0.15, -0.1) is 0 Å². The Morgan fingerprint density at radius 1 is 0.610 bits per heavy atom. The van der Waals surface area contributed by atoms with Gasteiger partial charge < -0.3 is 55.1 Å². The van der Waals surface area contributed by atoms with Crippen molar-refractivity contribution >= 4 is 65.0 Å². The maximum Gasteiger partial charge on any atom is 0.422 e. The summed E-state index contributed by atoms with van der Waals surface area (Å²) in [6.45, 7) is 4.63. The third-order valence-electron chi connectivity index (χ3n) is 19.9. The number of likely N-dealkylation sites (N-methyl/N-ethyl adjacent to an activating group) is 7. The number of carbonyl (C=O) groups is 11. The number of amides is 11. The zero-order valence-electron chi connectivity index (χ0n) is 58.5. The molecule has 0 unspecified atom stereocenters. The summed E-state index contributed by atoms with van der Waals surface area (Å²) in [7, 11) is 8.83. The van der Waals surface area contributed by atoms with Crippen LogP contribution in [-0.4, -0.2) is 233 Å². The van der Waals surface area contributed by atoms with Gasteiger partial charge in [0.25, 0.3) is 5.92 Å². The smallest absolute Gasteiger partial charge is 0.343 e. The van der Waals surface area contributed by atoms with E-state index in [2.05, 4.69) is 16.0 Å². The highest BCUT2D eigenvalue weighted by molar-refractivity contribution is 6.00. The summed E-state index contributed by atoms with van der Waals surface area (Å²) in [4.78, 5) is 168. The van der Waals surface area contributed by atoms with Crippen LogP contribution in [0.1, 0.15) is 140 Å². The molecular formula is C68H93F10N11O11. The van der Waals surface area contributed by atoms with Gasteiger partial charge in [-0.1, -0.05) is 65.5 Å². The van der Waals surface area contributed by atoms with Gasteiger partial charge in [0.1, 0.15) is 59.0 Å². The summed E-state index contributed by atoms with van der Waals surface area (Å²) in [5, 5.41) is 7.71. The van der Waals surface area contributed by atoms with Crippen LogP contribution in [-0.2, 0) is 77.9 Å². The molecule has 0 aromatic heterocycles. The van der Waals surface area contributed by atoms with Crippen molar-refractivity contribution in [2.45, 2.75) is 197 Å². The fourth-order valence-electron chi connectivity index (χ4n) is 13.3. The Bertz CT molecular complexity index is 3320. The van der Waals surface area contributed by atoms with Crippen LogP contribution >= 0.6 is 0 Å². The highest BCUT2D eigenvalue weighted by atomic mass is 19.4. The van der Waals surface area contributed by atoms with Crippen molar-refractivity contribution in [3.8, 4) is 0 Å². The predicted octanol–water partition coefficient (Wildman–Crippen LogP) is 6.20. The summed E-state index contributed by atoms with van der Waals surface area (Å²) in [6, 6.07) is -6.40. The molecule has 100 heavy (non-hydrogen) atoms. The Kier molecular flexibility index (Phi) is 26.8. The van der Waals surface area contributed by atoms with Gasteiger partial charge in [0.15, 0.2) is 0 Å². The third-order valence-corrected chi connectivity index (χ3v) is 19.9. The molecule has 32 heteroatoms. The van der Waals surface area contributed by atoms with Crippen molar-refractivity contribution < 1.29 is 96.6 Å². The molecule has 2 heterocycles. The second-order valence-corrected chi connectivity index (χ2v) is 27.9. The molecule has 2 aromatic carbocycles. The van der Waals surface area contributed by atoms with Crippen LogP contribution in [0, 0.1) is 29.4 Å². The zero-order chi connectivity index (χ0) is 75.0. The Morgan fingerprint density at radius 2 is 1.18 bits per heavy atom. The molecule has 2 saturated carbocycles. The molecule has 11 amide bonds. The molecule has 2 aromatic rings. The van der Waals surface area contributed by atoms with E-state index in [1.165, 1.54) is 49.9 Å². The molecule has 3 N–H and O–H groups in total. The lowest BCUT2D eigenvalue weighted by molar-refractivity contribution is -0.156. The molecule has 0 bridgehead atoms. The molecule has 4 fully saturated rings. The van der Waals surface area contributed by atoms with E-state index in [0.717, 1.165) is 47.3 Å². The Labute approximate surface area is 575 Å². The van der Waals surface area contributed by atoms with E-state index in [9.17, 15) is 69.5 Å². The first-order chi connectivity index (χ1) is 46.4. The van der Waals surface area contributed by atoms with Crippen molar-refractivity contribution in [1.29, 1.82) is 0 Å². The van der Waals surface area contributed by atoms with Gasteiger partial charge in [0.05, 0.1) is 31.7 Å². The predicted molar refractivity (Wildman–Crippen MR) is 343 cm³/mol. The molecule has 22 nitrogen and oxygen atoms in total. The summed E-state index contributed by atoms with van der Waals surface area (Å²) >= 11 is 0. The van der Waals surface area contributed by atoms with Crippen LogP contribution in [0.2, 0.25) is 0 Å². The van der Waals surface area contributed by atoms with E-state index in [0.29, 0.717) is 72.6 Å². The number of carbonyl (C=O) groups excluding carboxylic acids is 11. The van der Waals surface area contributed by atoms with Gasteiger partial charge >= 0.3 is 12.4 Å². The first kappa shape index (κ1) is 80.9. The van der Waals surface area contributed by atoms with Crippen molar-refractivity contribution in [2.75, 3.05) is 75.5 Å². The SMILES string of the molecule is CC[C@H](C)[C@@H]1NC(=O)[C@H](CC(C)C)N(C)C(=O)C[C@@H](C)N(C)C(=O)[C@H](C2CCCCC2)N(C)C(=O)C2(CCC2)NC(=O)[C@@H]2CC(F)(F)CN2C(=O)[C@H](CCc2cc(F)c(C(F)(F)F)c(F)c2)NC(=O)CN(C)C(=O)[C@H](Cc2ccc(C(F)(F)F)cc2)N(C)C(=O)CN(C)C(=O)CN(C)C1=O. The fourth-order valence-corrected chi connectivity index (χ4v) is 13.3. The van der Waals surface area contributed by atoms with Crippen LogP contribution in [0.4, 0.5) is 43.9 Å². The number of nitrogens with one attached hydrogen (secondary N) is 3. The monoisotopic (exact) mass is 1430 g/mol. The topological polar surface area (TPSA) is 250 Å². The third kappa shape index (κ3) is 19.7. The van der Waals surface area contributed by atoms with Gasteiger partial charge in [0.2, 0.25) is 65.0 Å². The first-order valence-corrected chi connectivity index (χ1v) is 33.5. The molecule has 1 spiro atoms. The average Bonchev–Trinajstić information content (AvgIpc) is 1.23. The van der Waals surface area contributed by atoms with Gasteiger partial charge in [-0.25, -0.2) is 17.6 Å². The van der Waals surface area contributed by atoms with Crippen LogP contribution in [0.5, 0.6) is 0 Å². The van der Waals surface area contributed by atoms with Crippen molar-refractivity contribution in [2.24, 2.45) is 17.8 Å². The number of hydrogen-bond acceptors (Lipinski definition) is 11. The molecule has 8 atom stereocenters.